The maximum absolute atomic E-state index is 16.6. The van der Waals surface area contributed by atoms with E-state index in [2.05, 4.69) is 25.2 Å². The minimum atomic E-state index is -5.10. The summed E-state index contributed by atoms with van der Waals surface area (Å²) in [7, 11) is 0. The van der Waals surface area contributed by atoms with E-state index in [0.29, 0.717) is 31.9 Å². The van der Waals surface area contributed by atoms with Gasteiger partial charge in [-0.15, -0.1) is 0 Å². The van der Waals surface area contributed by atoms with Crippen LogP contribution in [0, 0.1) is 18.6 Å². The Morgan fingerprint density at radius 3 is 2.55 bits per heavy atom. The van der Waals surface area contributed by atoms with E-state index in [0.717, 1.165) is 39.2 Å². The molecule has 0 saturated carbocycles. The third-order valence-electron chi connectivity index (χ3n) is 9.51. The number of hydrogen-bond donors (Lipinski definition) is 2. The monoisotopic (exact) mass is 641 g/mol. The third-order valence-corrected chi connectivity index (χ3v) is 9.81. The molecular weight excluding hydrogens is 612 g/mol. The van der Waals surface area contributed by atoms with Crippen LogP contribution in [0.2, 0.25) is 5.02 Å². The number of halogens is 7. The van der Waals surface area contributed by atoms with Gasteiger partial charge in [0.2, 0.25) is 0 Å². The van der Waals surface area contributed by atoms with Crippen molar-refractivity contribution in [3.63, 3.8) is 0 Å². The fourth-order valence-corrected chi connectivity index (χ4v) is 7.81. The average Bonchev–Trinajstić information content (AvgIpc) is 3.60. The molecule has 4 fully saturated rings. The van der Waals surface area contributed by atoms with E-state index in [4.69, 9.17) is 22.1 Å². The topological polar surface area (TPSA) is 92.4 Å². The maximum atomic E-state index is 16.6. The van der Waals surface area contributed by atoms with Crippen LogP contribution in [0.5, 0.6) is 6.01 Å². The summed E-state index contributed by atoms with van der Waals surface area (Å²) in [4.78, 5) is 16.6. The van der Waals surface area contributed by atoms with Crippen LogP contribution >= 0.6 is 11.6 Å². The minimum Gasteiger partial charge on any atom is -0.461 e. The molecule has 0 aliphatic carbocycles. The first-order valence-electron chi connectivity index (χ1n) is 14.6. The summed E-state index contributed by atoms with van der Waals surface area (Å²) in [6, 6.07) is 1.47. The molecule has 15 heteroatoms. The molecular formula is C29H30ClF6N7O. The highest BCUT2D eigenvalue weighted by Gasteiger charge is 2.49. The van der Waals surface area contributed by atoms with Crippen molar-refractivity contribution in [1.82, 2.24) is 25.2 Å². The van der Waals surface area contributed by atoms with Gasteiger partial charge in [-0.1, -0.05) is 11.6 Å². The van der Waals surface area contributed by atoms with Gasteiger partial charge in [0.1, 0.15) is 24.1 Å². The van der Waals surface area contributed by atoms with Crippen molar-refractivity contribution >= 4 is 34.1 Å². The standard InChI is InChI=1S/C29H30ClF6N7O/c1-13-20(29(34,35)36)24(39-25(37)21(13)32)19-18(30)7-17-23(22(19)33)40-27(41-26(17)42-10-15-3-4-16(11-42)38-15)44-12-28-5-2-6-43(28)9-14(31)8-28/h7,14-16,38H,2-6,8-12H2,1H3,(H2,37,39)/t14-,15?,16?,28+/m1/s1. The number of hydrogen-bond acceptors (Lipinski definition) is 8. The molecule has 4 aliphatic heterocycles. The summed E-state index contributed by atoms with van der Waals surface area (Å²) < 4.78 is 94.2. The number of alkyl halides is 4. The second-order valence-corrected chi connectivity index (χ2v) is 12.7. The highest BCUT2D eigenvalue weighted by Crippen LogP contribution is 2.46. The van der Waals surface area contributed by atoms with Crippen molar-refractivity contribution in [1.29, 1.82) is 0 Å². The molecule has 236 valence electrons. The van der Waals surface area contributed by atoms with Crippen molar-refractivity contribution in [2.24, 2.45) is 0 Å². The van der Waals surface area contributed by atoms with Crippen molar-refractivity contribution in [3.8, 4) is 17.3 Å². The fourth-order valence-electron chi connectivity index (χ4n) is 7.53. The number of pyridine rings is 1. The Labute approximate surface area is 253 Å². The van der Waals surface area contributed by atoms with E-state index in [9.17, 15) is 22.0 Å². The van der Waals surface area contributed by atoms with Gasteiger partial charge in [-0.25, -0.2) is 18.2 Å². The molecule has 4 saturated heterocycles. The lowest BCUT2D eigenvalue weighted by Crippen LogP contribution is -2.51. The van der Waals surface area contributed by atoms with Crippen molar-refractivity contribution in [2.75, 3.05) is 43.4 Å². The molecule has 3 N–H and O–H groups in total. The molecule has 0 radical (unpaired) electrons. The number of fused-ring (bicyclic) bond motifs is 4. The molecule has 1 aromatic carbocycles. The highest BCUT2D eigenvalue weighted by atomic mass is 35.5. The van der Waals surface area contributed by atoms with Crippen molar-refractivity contribution in [3.05, 3.63) is 33.9 Å². The number of aromatic nitrogens is 3. The zero-order chi connectivity index (χ0) is 31.1. The molecule has 4 aliphatic rings. The molecule has 4 atom stereocenters. The first-order chi connectivity index (χ1) is 20.8. The quantitative estimate of drug-likeness (QED) is 0.357. The van der Waals surface area contributed by atoms with Crippen LogP contribution in [-0.4, -0.2) is 76.4 Å². The van der Waals surface area contributed by atoms with Crippen LogP contribution in [0.1, 0.15) is 43.2 Å². The van der Waals surface area contributed by atoms with E-state index in [1.807, 2.05) is 4.90 Å². The number of nitrogens with one attached hydrogen (secondary N) is 1. The van der Waals surface area contributed by atoms with E-state index in [1.54, 1.807) is 0 Å². The largest absolute Gasteiger partial charge is 0.461 e. The predicted molar refractivity (Wildman–Crippen MR) is 153 cm³/mol. The van der Waals surface area contributed by atoms with Gasteiger partial charge < -0.3 is 20.7 Å². The van der Waals surface area contributed by atoms with Gasteiger partial charge >= 0.3 is 12.2 Å². The number of anilines is 2. The van der Waals surface area contributed by atoms with Gasteiger partial charge in [-0.2, -0.15) is 23.1 Å². The van der Waals surface area contributed by atoms with Gasteiger partial charge in [0.05, 0.1) is 27.4 Å². The molecule has 8 nitrogen and oxygen atoms in total. The first kappa shape index (κ1) is 29.6. The van der Waals surface area contributed by atoms with Crippen LogP contribution in [-0.2, 0) is 6.18 Å². The Kier molecular flexibility index (Phi) is 7.05. The van der Waals surface area contributed by atoms with Crippen LogP contribution in [0.25, 0.3) is 22.2 Å². The number of piperazine rings is 1. The summed E-state index contributed by atoms with van der Waals surface area (Å²) in [5.74, 6) is -3.05. The summed E-state index contributed by atoms with van der Waals surface area (Å²) in [6.07, 6.45) is -2.29. The van der Waals surface area contributed by atoms with E-state index >= 15 is 4.39 Å². The Balaban J connectivity index is 1.39. The van der Waals surface area contributed by atoms with Crippen LogP contribution in [0.15, 0.2) is 6.07 Å². The number of nitrogen functional groups attached to an aromatic ring is 1. The lowest BCUT2D eigenvalue weighted by molar-refractivity contribution is -0.137. The smallest absolute Gasteiger partial charge is 0.418 e. The third kappa shape index (κ3) is 4.80. The Hall–Kier alpha value is -3.10. The summed E-state index contributed by atoms with van der Waals surface area (Å²) in [6.45, 7) is 3.12. The Bertz CT molecular complexity index is 1650. The predicted octanol–water partition coefficient (Wildman–Crippen LogP) is 5.43. The Morgan fingerprint density at radius 1 is 1.11 bits per heavy atom. The summed E-state index contributed by atoms with van der Waals surface area (Å²) in [5, 5.41) is 3.30. The number of benzene rings is 1. The van der Waals surface area contributed by atoms with Crippen LogP contribution < -0.4 is 20.7 Å². The molecule has 2 unspecified atom stereocenters. The van der Waals surface area contributed by atoms with Crippen LogP contribution in [0.3, 0.4) is 0 Å². The lowest BCUT2D eigenvalue weighted by Gasteiger charge is -2.34. The number of nitrogens with two attached hydrogens (primary N) is 1. The maximum Gasteiger partial charge on any atom is 0.418 e. The molecule has 6 heterocycles. The fraction of sp³-hybridized carbons (Fsp3) is 0.552. The summed E-state index contributed by atoms with van der Waals surface area (Å²) >= 11 is 6.51. The average molecular weight is 642 g/mol. The second kappa shape index (κ2) is 10.5. The zero-order valence-corrected chi connectivity index (χ0v) is 24.5. The second-order valence-electron chi connectivity index (χ2n) is 12.3. The molecule has 2 bridgehead atoms. The SMILES string of the molecule is Cc1c(F)c(N)nc(-c2c(Cl)cc3c(N4CC5CCC(C4)N5)nc(OC[C@@]45CCCN4C[C@H](F)C5)nc3c2F)c1C(F)(F)F. The molecule has 0 amide bonds. The van der Waals surface area contributed by atoms with Crippen molar-refractivity contribution < 1.29 is 31.1 Å². The number of ether oxygens (including phenoxy) is 1. The highest BCUT2D eigenvalue weighted by molar-refractivity contribution is 6.34. The van der Waals surface area contributed by atoms with Gasteiger partial charge in [-0.05, 0) is 45.2 Å². The Morgan fingerprint density at radius 2 is 1.84 bits per heavy atom. The van der Waals surface area contributed by atoms with Gasteiger partial charge in [0.25, 0.3) is 0 Å². The van der Waals surface area contributed by atoms with E-state index in [-0.39, 0.29) is 35.6 Å². The molecule has 3 aromatic rings. The summed E-state index contributed by atoms with van der Waals surface area (Å²) in [5.41, 5.74) is 0.757. The van der Waals surface area contributed by atoms with E-state index < -0.39 is 62.7 Å². The molecule has 2 aromatic heterocycles. The van der Waals surface area contributed by atoms with Gasteiger partial charge in [0.15, 0.2) is 17.5 Å². The molecule has 44 heavy (non-hydrogen) atoms. The number of rotatable bonds is 5. The van der Waals surface area contributed by atoms with Gasteiger partial charge in [-0.3, -0.25) is 4.90 Å². The molecule has 0 spiro atoms. The molecule has 7 rings (SSSR count). The number of nitrogens with zero attached hydrogens (tertiary/aromatic N) is 5. The normalized spacial score (nSPS) is 27.0. The lowest BCUT2D eigenvalue weighted by atomic mass is 9.95. The van der Waals surface area contributed by atoms with E-state index in [1.165, 1.54) is 6.07 Å². The minimum absolute atomic E-state index is 0.0701. The van der Waals surface area contributed by atoms with Gasteiger partial charge in [0, 0.05) is 49.1 Å². The first-order valence-corrected chi connectivity index (χ1v) is 15.0. The van der Waals surface area contributed by atoms with Crippen LogP contribution in [0.4, 0.5) is 38.0 Å². The zero-order valence-electron chi connectivity index (χ0n) is 23.7. The van der Waals surface area contributed by atoms with Crippen molar-refractivity contribution in [2.45, 2.75) is 69.0 Å².